The molecule has 25 heavy (non-hydrogen) atoms. The summed E-state index contributed by atoms with van der Waals surface area (Å²) in [6.45, 7) is 0.287. The first-order valence-corrected chi connectivity index (χ1v) is 8.40. The van der Waals surface area contributed by atoms with Crippen LogP contribution in [0, 0.1) is 11.7 Å². The van der Waals surface area contributed by atoms with Gasteiger partial charge < -0.3 is 15.3 Å². The number of halogens is 1. The fourth-order valence-corrected chi connectivity index (χ4v) is 2.76. The zero-order valence-electron chi connectivity index (χ0n) is 14.1. The largest absolute Gasteiger partial charge is 0.391 e. The van der Waals surface area contributed by atoms with Crippen LogP contribution in [0.5, 0.6) is 0 Å². The van der Waals surface area contributed by atoms with E-state index in [1.807, 2.05) is 12.1 Å². The molecule has 1 aliphatic carbocycles. The lowest BCUT2D eigenvalue weighted by Gasteiger charge is -2.25. The van der Waals surface area contributed by atoms with Crippen molar-refractivity contribution >= 4 is 6.03 Å². The number of carbonyl (C=O) groups is 1. The van der Waals surface area contributed by atoms with Crippen LogP contribution >= 0.6 is 0 Å². The van der Waals surface area contributed by atoms with Crippen molar-refractivity contribution in [3.8, 4) is 0 Å². The van der Waals surface area contributed by atoms with Crippen molar-refractivity contribution < 1.29 is 14.3 Å². The summed E-state index contributed by atoms with van der Waals surface area (Å²) in [4.78, 5) is 18.3. The van der Waals surface area contributed by atoms with Crippen molar-refractivity contribution in [2.24, 2.45) is 5.92 Å². The minimum Gasteiger partial charge on any atom is -0.391 e. The summed E-state index contributed by atoms with van der Waals surface area (Å²) in [7, 11) is 1.65. The highest BCUT2D eigenvalue weighted by atomic mass is 19.1. The average Bonchev–Trinajstić information content (AvgIpc) is 3.46. The van der Waals surface area contributed by atoms with Crippen LogP contribution in [0.15, 0.2) is 48.7 Å². The smallest absolute Gasteiger partial charge is 0.318 e. The number of rotatable bonds is 6. The van der Waals surface area contributed by atoms with Crippen LogP contribution in [-0.2, 0) is 0 Å². The number of aliphatic hydroxyl groups excluding tert-OH is 1. The van der Waals surface area contributed by atoms with E-state index < -0.39 is 12.1 Å². The molecule has 1 aliphatic rings. The third kappa shape index (κ3) is 4.54. The van der Waals surface area contributed by atoms with Crippen molar-refractivity contribution in [2.75, 3.05) is 13.6 Å². The van der Waals surface area contributed by atoms with Crippen LogP contribution in [0.4, 0.5) is 9.18 Å². The molecule has 1 saturated carbocycles. The molecule has 1 aromatic heterocycles. The SMILES string of the molecule is CN(C[C@H](O)C1CC1)C(=O)N[C@H](c1ccc(F)cc1)c1ccccn1. The standard InChI is InChI=1S/C19H22FN3O2/c1-23(12-17(24)13-5-6-13)19(25)22-18(16-4-2-3-11-21-16)14-7-9-15(20)10-8-14/h2-4,7-11,13,17-18,24H,5-6,12H2,1H3,(H,22,25)/t17-,18+/m0/s1. The molecule has 1 fully saturated rings. The van der Waals surface area contributed by atoms with Gasteiger partial charge in [-0.3, -0.25) is 4.98 Å². The molecule has 3 rings (SSSR count). The van der Waals surface area contributed by atoms with E-state index >= 15 is 0 Å². The molecule has 2 N–H and O–H groups in total. The summed E-state index contributed by atoms with van der Waals surface area (Å²) in [5.41, 5.74) is 1.41. The maximum absolute atomic E-state index is 13.2. The van der Waals surface area contributed by atoms with Crippen molar-refractivity contribution in [2.45, 2.75) is 25.0 Å². The van der Waals surface area contributed by atoms with Crippen molar-refractivity contribution in [3.05, 3.63) is 65.7 Å². The highest BCUT2D eigenvalue weighted by molar-refractivity contribution is 5.75. The summed E-state index contributed by atoms with van der Waals surface area (Å²) in [5.74, 6) is -0.0292. The molecule has 0 unspecified atom stereocenters. The first kappa shape index (κ1) is 17.4. The van der Waals surface area contributed by atoms with Gasteiger partial charge in [0.25, 0.3) is 0 Å². The number of pyridine rings is 1. The van der Waals surface area contributed by atoms with Crippen LogP contribution in [0.1, 0.15) is 30.1 Å². The molecular formula is C19H22FN3O2. The van der Waals surface area contributed by atoms with E-state index in [0.29, 0.717) is 11.6 Å². The Morgan fingerprint density at radius 3 is 2.64 bits per heavy atom. The molecule has 0 spiro atoms. The zero-order valence-corrected chi connectivity index (χ0v) is 14.1. The van der Waals surface area contributed by atoms with Gasteiger partial charge in [0, 0.05) is 19.8 Å². The number of hydrogen-bond donors (Lipinski definition) is 2. The van der Waals surface area contributed by atoms with E-state index in [4.69, 9.17) is 0 Å². The second kappa shape index (κ2) is 7.61. The van der Waals surface area contributed by atoms with Crippen molar-refractivity contribution in [3.63, 3.8) is 0 Å². The molecule has 0 radical (unpaired) electrons. The van der Waals surface area contributed by atoms with Crippen molar-refractivity contribution in [1.29, 1.82) is 0 Å². The Bertz CT molecular complexity index is 704. The highest BCUT2D eigenvalue weighted by Gasteiger charge is 2.31. The van der Waals surface area contributed by atoms with Gasteiger partial charge in [0.2, 0.25) is 0 Å². The number of amides is 2. The molecule has 0 saturated heterocycles. The maximum Gasteiger partial charge on any atom is 0.318 e. The zero-order chi connectivity index (χ0) is 17.8. The van der Waals surface area contributed by atoms with Gasteiger partial charge in [0.15, 0.2) is 0 Å². The molecule has 0 bridgehead atoms. The second-order valence-corrected chi connectivity index (χ2v) is 6.47. The number of nitrogens with zero attached hydrogens (tertiary/aromatic N) is 2. The lowest BCUT2D eigenvalue weighted by atomic mass is 10.0. The average molecular weight is 343 g/mol. The van der Waals surface area contributed by atoms with Crippen LogP contribution < -0.4 is 5.32 Å². The number of carbonyl (C=O) groups excluding carboxylic acids is 1. The number of nitrogens with one attached hydrogen (secondary N) is 1. The van der Waals surface area contributed by atoms with Gasteiger partial charge in [-0.1, -0.05) is 18.2 Å². The normalized spacial score (nSPS) is 16.1. The van der Waals surface area contributed by atoms with Gasteiger partial charge in [0.05, 0.1) is 17.8 Å². The molecule has 1 aromatic carbocycles. The fraction of sp³-hybridized carbons (Fsp3) is 0.368. The summed E-state index contributed by atoms with van der Waals surface area (Å²) >= 11 is 0. The molecule has 5 nitrogen and oxygen atoms in total. The van der Waals surface area contributed by atoms with Crippen LogP contribution in [0.2, 0.25) is 0 Å². The Balaban J connectivity index is 1.75. The highest BCUT2D eigenvalue weighted by Crippen LogP contribution is 2.32. The molecule has 132 valence electrons. The number of likely N-dealkylation sites (N-methyl/N-ethyl adjacent to an activating group) is 1. The van der Waals surface area contributed by atoms with Crippen LogP contribution in [0.25, 0.3) is 0 Å². The Hall–Kier alpha value is -2.47. The molecule has 2 amide bonds. The minimum atomic E-state index is -0.491. The summed E-state index contributed by atoms with van der Waals surface area (Å²) in [5, 5.41) is 13.0. The third-order valence-corrected chi connectivity index (χ3v) is 4.43. The van der Waals surface area contributed by atoms with Gasteiger partial charge in [-0.05, 0) is 48.6 Å². The van der Waals surface area contributed by atoms with Gasteiger partial charge in [0.1, 0.15) is 5.82 Å². The summed E-state index contributed by atoms with van der Waals surface area (Å²) in [6.07, 6.45) is 3.19. The Morgan fingerprint density at radius 1 is 1.32 bits per heavy atom. The van der Waals surface area contributed by atoms with Crippen molar-refractivity contribution in [1.82, 2.24) is 15.2 Å². The Kier molecular flexibility index (Phi) is 5.28. The molecule has 6 heteroatoms. The minimum absolute atomic E-state index is 0.287. The Labute approximate surface area is 146 Å². The van der Waals surface area contributed by atoms with Gasteiger partial charge in [-0.2, -0.15) is 0 Å². The molecule has 2 atom stereocenters. The van der Waals surface area contributed by atoms with Gasteiger partial charge in [-0.25, -0.2) is 9.18 Å². The van der Waals surface area contributed by atoms with E-state index in [9.17, 15) is 14.3 Å². The lowest BCUT2D eigenvalue weighted by molar-refractivity contribution is 0.113. The van der Waals surface area contributed by atoms with Crippen LogP contribution in [-0.4, -0.2) is 40.7 Å². The molecule has 0 aliphatic heterocycles. The van der Waals surface area contributed by atoms with Crippen LogP contribution in [0.3, 0.4) is 0 Å². The second-order valence-electron chi connectivity index (χ2n) is 6.47. The first-order chi connectivity index (χ1) is 12.0. The fourth-order valence-electron chi connectivity index (χ4n) is 2.76. The quantitative estimate of drug-likeness (QED) is 0.848. The summed E-state index contributed by atoms with van der Waals surface area (Å²) in [6, 6.07) is 10.6. The van der Waals surface area contributed by atoms with Gasteiger partial charge in [-0.15, -0.1) is 0 Å². The van der Waals surface area contributed by atoms with E-state index in [1.165, 1.54) is 17.0 Å². The predicted molar refractivity (Wildman–Crippen MR) is 92.4 cm³/mol. The third-order valence-electron chi connectivity index (χ3n) is 4.43. The monoisotopic (exact) mass is 343 g/mol. The lowest BCUT2D eigenvalue weighted by Crippen LogP contribution is -2.43. The van der Waals surface area contributed by atoms with E-state index in [1.54, 1.807) is 31.4 Å². The van der Waals surface area contributed by atoms with E-state index in [0.717, 1.165) is 18.4 Å². The number of aliphatic hydroxyl groups is 1. The topological polar surface area (TPSA) is 65.5 Å². The number of benzene rings is 1. The van der Waals surface area contributed by atoms with E-state index in [2.05, 4.69) is 10.3 Å². The predicted octanol–water partition coefficient (Wildman–Crippen LogP) is 2.72. The number of urea groups is 1. The number of hydrogen-bond acceptors (Lipinski definition) is 3. The summed E-state index contributed by atoms with van der Waals surface area (Å²) < 4.78 is 13.2. The molecule has 2 aromatic rings. The van der Waals surface area contributed by atoms with Gasteiger partial charge >= 0.3 is 6.03 Å². The maximum atomic E-state index is 13.2. The Morgan fingerprint density at radius 2 is 2.04 bits per heavy atom. The van der Waals surface area contributed by atoms with E-state index in [-0.39, 0.29) is 18.4 Å². The number of aromatic nitrogens is 1. The molecular weight excluding hydrogens is 321 g/mol. The first-order valence-electron chi connectivity index (χ1n) is 8.40. The molecule has 1 heterocycles.